The van der Waals surface area contributed by atoms with Crippen molar-refractivity contribution in [2.24, 2.45) is 5.41 Å². The van der Waals surface area contributed by atoms with Crippen LogP contribution in [-0.4, -0.2) is 24.0 Å². The van der Waals surface area contributed by atoms with Gasteiger partial charge in [0.15, 0.2) is 0 Å². The molecule has 1 aliphatic heterocycles. The van der Waals surface area contributed by atoms with Crippen molar-refractivity contribution in [2.45, 2.75) is 43.0 Å². The number of fused-ring (bicyclic) bond motifs is 1. The fraction of sp³-hybridized carbons (Fsp3) is 0.625. The summed E-state index contributed by atoms with van der Waals surface area (Å²) < 4.78 is 0. The maximum absolute atomic E-state index is 9.70. The summed E-state index contributed by atoms with van der Waals surface area (Å²) in [7, 11) is 0. The van der Waals surface area contributed by atoms with Gasteiger partial charge in [-0.15, -0.1) is 11.8 Å². The van der Waals surface area contributed by atoms with E-state index in [1.54, 1.807) is 0 Å². The zero-order chi connectivity index (χ0) is 13.1. The van der Waals surface area contributed by atoms with Crippen LogP contribution >= 0.6 is 11.8 Å². The Kier molecular flexibility index (Phi) is 4.15. The molecule has 0 saturated heterocycles. The molecule has 1 saturated carbocycles. The molecule has 0 aromatic heterocycles. The SMILES string of the molecule is OCC1(CNC2CCSc3ccccc32)CCCC1. The van der Waals surface area contributed by atoms with E-state index in [0.717, 1.165) is 6.54 Å². The van der Waals surface area contributed by atoms with E-state index in [1.807, 2.05) is 11.8 Å². The van der Waals surface area contributed by atoms with Crippen LogP contribution in [0.4, 0.5) is 0 Å². The topological polar surface area (TPSA) is 32.3 Å². The van der Waals surface area contributed by atoms with E-state index in [4.69, 9.17) is 0 Å². The molecular weight excluding hydrogens is 254 g/mol. The second kappa shape index (κ2) is 5.86. The van der Waals surface area contributed by atoms with E-state index >= 15 is 0 Å². The van der Waals surface area contributed by atoms with Gasteiger partial charge in [0.05, 0.1) is 0 Å². The molecule has 2 N–H and O–H groups in total. The molecule has 3 heteroatoms. The second-order valence-corrected chi connectivity index (χ2v) is 7.11. The van der Waals surface area contributed by atoms with Gasteiger partial charge in [0.2, 0.25) is 0 Å². The largest absolute Gasteiger partial charge is 0.396 e. The molecule has 0 spiro atoms. The molecule has 3 rings (SSSR count). The first-order chi connectivity index (χ1) is 9.33. The Balaban J connectivity index is 1.68. The summed E-state index contributed by atoms with van der Waals surface area (Å²) in [5.74, 6) is 1.20. The summed E-state index contributed by atoms with van der Waals surface area (Å²) in [6.07, 6.45) is 6.11. The first kappa shape index (κ1) is 13.5. The fourth-order valence-corrected chi connectivity index (χ4v) is 4.53. The van der Waals surface area contributed by atoms with Crippen LogP contribution in [0.15, 0.2) is 29.2 Å². The number of benzene rings is 1. The molecule has 1 aliphatic carbocycles. The van der Waals surface area contributed by atoms with Crippen molar-refractivity contribution in [1.29, 1.82) is 0 Å². The molecule has 1 heterocycles. The number of thioether (sulfide) groups is 1. The van der Waals surface area contributed by atoms with Crippen LogP contribution in [0, 0.1) is 5.41 Å². The number of aliphatic hydroxyl groups is 1. The van der Waals surface area contributed by atoms with Gasteiger partial charge in [-0.2, -0.15) is 0 Å². The van der Waals surface area contributed by atoms with E-state index in [0.29, 0.717) is 12.6 Å². The van der Waals surface area contributed by atoms with Gasteiger partial charge in [-0.05, 0) is 36.6 Å². The number of aliphatic hydroxyl groups excluding tert-OH is 1. The smallest absolute Gasteiger partial charge is 0.0499 e. The number of hydrogen-bond acceptors (Lipinski definition) is 3. The Bertz CT molecular complexity index is 429. The van der Waals surface area contributed by atoms with Crippen LogP contribution in [0.3, 0.4) is 0 Å². The first-order valence-corrected chi connectivity index (χ1v) is 8.38. The second-order valence-electron chi connectivity index (χ2n) is 5.97. The standard InChI is InChI=1S/C16H23NOS/c18-12-16(8-3-4-9-16)11-17-14-7-10-19-15-6-2-1-5-13(14)15/h1-2,5-6,14,17-18H,3-4,7-12H2. The molecule has 0 radical (unpaired) electrons. The van der Waals surface area contributed by atoms with Gasteiger partial charge in [0, 0.05) is 29.5 Å². The van der Waals surface area contributed by atoms with Crippen LogP contribution in [0.2, 0.25) is 0 Å². The molecule has 19 heavy (non-hydrogen) atoms. The van der Waals surface area contributed by atoms with E-state index in [1.165, 1.54) is 48.3 Å². The van der Waals surface area contributed by atoms with Crippen LogP contribution in [0.1, 0.15) is 43.7 Å². The van der Waals surface area contributed by atoms with Gasteiger partial charge in [-0.1, -0.05) is 31.0 Å². The lowest BCUT2D eigenvalue weighted by atomic mass is 9.86. The van der Waals surface area contributed by atoms with Crippen LogP contribution in [-0.2, 0) is 0 Å². The van der Waals surface area contributed by atoms with Gasteiger partial charge in [-0.25, -0.2) is 0 Å². The molecule has 1 fully saturated rings. The van der Waals surface area contributed by atoms with Crippen LogP contribution in [0.5, 0.6) is 0 Å². The number of nitrogens with one attached hydrogen (secondary N) is 1. The summed E-state index contributed by atoms with van der Waals surface area (Å²) in [5.41, 5.74) is 1.60. The molecule has 2 nitrogen and oxygen atoms in total. The van der Waals surface area contributed by atoms with E-state index in [9.17, 15) is 5.11 Å². The average Bonchev–Trinajstić information content (AvgIpc) is 2.94. The predicted octanol–water partition coefficient (Wildman–Crippen LogP) is 3.37. The maximum Gasteiger partial charge on any atom is 0.0499 e. The highest BCUT2D eigenvalue weighted by Gasteiger charge is 2.34. The Hall–Kier alpha value is -0.510. The Morgan fingerprint density at radius 3 is 2.84 bits per heavy atom. The maximum atomic E-state index is 9.70. The highest BCUT2D eigenvalue weighted by molar-refractivity contribution is 7.99. The van der Waals surface area contributed by atoms with E-state index < -0.39 is 0 Å². The minimum atomic E-state index is 0.152. The van der Waals surface area contributed by atoms with Crippen molar-refractivity contribution < 1.29 is 5.11 Å². The van der Waals surface area contributed by atoms with Crippen molar-refractivity contribution in [1.82, 2.24) is 5.32 Å². The minimum absolute atomic E-state index is 0.152. The Morgan fingerprint density at radius 1 is 1.26 bits per heavy atom. The lowest BCUT2D eigenvalue weighted by molar-refractivity contribution is 0.124. The Labute approximate surface area is 120 Å². The van der Waals surface area contributed by atoms with Crippen molar-refractivity contribution in [3.8, 4) is 0 Å². The molecule has 0 amide bonds. The Morgan fingerprint density at radius 2 is 2.05 bits per heavy atom. The highest BCUT2D eigenvalue weighted by Crippen LogP contribution is 2.39. The molecule has 2 aliphatic rings. The zero-order valence-electron chi connectivity index (χ0n) is 11.4. The van der Waals surface area contributed by atoms with Gasteiger partial charge in [0.25, 0.3) is 0 Å². The highest BCUT2D eigenvalue weighted by atomic mass is 32.2. The van der Waals surface area contributed by atoms with Crippen molar-refractivity contribution in [3.63, 3.8) is 0 Å². The molecule has 1 unspecified atom stereocenters. The van der Waals surface area contributed by atoms with Crippen molar-refractivity contribution in [2.75, 3.05) is 18.9 Å². The van der Waals surface area contributed by atoms with Crippen LogP contribution < -0.4 is 5.32 Å². The monoisotopic (exact) mass is 277 g/mol. The fourth-order valence-electron chi connectivity index (χ4n) is 3.41. The quantitative estimate of drug-likeness (QED) is 0.885. The van der Waals surface area contributed by atoms with E-state index in [2.05, 4.69) is 29.6 Å². The molecule has 104 valence electrons. The van der Waals surface area contributed by atoms with Gasteiger partial charge in [0.1, 0.15) is 0 Å². The van der Waals surface area contributed by atoms with Gasteiger partial charge < -0.3 is 10.4 Å². The zero-order valence-corrected chi connectivity index (χ0v) is 12.2. The molecule has 1 aromatic carbocycles. The summed E-state index contributed by atoms with van der Waals surface area (Å²) in [6, 6.07) is 9.21. The first-order valence-electron chi connectivity index (χ1n) is 7.39. The predicted molar refractivity (Wildman–Crippen MR) is 80.5 cm³/mol. The van der Waals surface area contributed by atoms with E-state index in [-0.39, 0.29) is 5.41 Å². The normalized spacial score (nSPS) is 25.2. The summed E-state index contributed by atoms with van der Waals surface area (Å²) in [4.78, 5) is 1.43. The molecule has 1 atom stereocenters. The lowest BCUT2D eigenvalue weighted by Crippen LogP contribution is -2.37. The number of rotatable bonds is 4. The summed E-state index contributed by atoms with van der Waals surface area (Å²) >= 11 is 1.97. The van der Waals surface area contributed by atoms with Crippen molar-refractivity contribution >= 4 is 11.8 Å². The summed E-state index contributed by atoms with van der Waals surface area (Å²) in [6.45, 7) is 1.30. The molecular formula is C16H23NOS. The van der Waals surface area contributed by atoms with Crippen LogP contribution in [0.25, 0.3) is 0 Å². The summed E-state index contributed by atoms with van der Waals surface area (Å²) in [5, 5.41) is 13.4. The van der Waals surface area contributed by atoms with Gasteiger partial charge >= 0.3 is 0 Å². The minimum Gasteiger partial charge on any atom is -0.396 e. The third-order valence-electron chi connectivity index (χ3n) is 4.68. The average molecular weight is 277 g/mol. The van der Waals surface area contributed by atoms with Gasteiger partial charge in [-0.3, -0.25) is 0 Å². The van der Waals surface area contributed by atoms with Crippen molar-refractivity contribution in [3.05, 3.63) is 29.8 Å². The third kappa shape index (κ3) is 2.83. The number of hydrogen-bond donors (Lipinski definition) is 2. The third-order valence-corrected chi connectivity index (χ3v) is 5.80. The lowest BCUT2D eigenvalue weighted by Gasteiger charge is -2.32. The molecule has 1 aromatic rings. The molecule has 0 bridgehead atoms.